The van der Waals surface area contributed by atoms with Crippen LogP contribution in [0.1, 0.15) is 48.0 Å². The number of carbonyl (C=O) groups excluding carboxylic acids is 1. The average molecular weight is 375 g/mol. The van der Waals surface area contributed by atoms with E-state index in [1.165, 1.54) is 0 Å². The highest BCUT2D eigenvalue weighted by Gasteiger charge is 2.42. The molecule has 0 aromatic rings. The number of likely N-dealkylation sites (tertiary alicyclic amines) is 1. The van der Waals surface area contributed by atoms with Crippen molar-refractivity contribution in [2.75, 3.05) is 26.2 Å². The third-order valence-electron chi connectivity index (χ3n) is 5.01. The second kappa shape index (κ2) is 8.37. The third-order valence-corrected chi connectivity index (χ3v) is 9.52. The van der Waals surface area contributed by atoms with Gasteiger partial charge in [0.1, 0.15) is 5.60 Å². The van der Waals surface area contributed by atoms with Crippen LogP contribution in [0, 0.1) is 0 Å². The number of β-amino-alcohol motifs (C(OH)–C–C–N with tert-alkyl or cyclic N) is 1. The fourth-order valence-corrected chi connectivity index (χ4v) is 3.97. The predicted octanol–water partition coefficient (Wildman–Crippen LogP) is 2.97. The van der Waals surface area contributed by atoms with Crippen LogP contribution in [-0.2, 0) is 9.16 Å². The Morgan fingerprint density at radius 3 is 2.32 bits per heavy atom. The maximum Gasteiger partial charge on any atom is 0.407 e. The molecule has 1 fully saturated rings. The van der Waals surface area contributed by atoms with E-state index in [2.05, 4.69) is 44.1 Å². The van der Waals surface area contributed by atoms with Gasteiger partial charge in [0.05, 0.1) is 18.8 Å². The molecule has 148 valence electrons. The summed E-state index contributed by atoms with van der Waals surface area (Å²) < 4.78 is 12.0. The number of aliphatic hydroxyl groups excluding tert-OH is 1. The van der Waals surface area contributed by atoms with E-state index in [0.29, 0.717) is 13.1 Å². The van der Waals surface area contributed by atoms with E-state index in [4.69, 9.17) is 9.16 Å². The Balaban J connectivity index is 2.84. The van der Waals surface area contributed by atoms with Crippen molar-refractivity contribution in [1.82, 2.24) is 10.2 Å². The number of ether oxygens (including phenoxy) is 1. The van der Waals surface area contributed by atoms with Gasteiger partial charge in [-0.15, -0.1) is 0 Å². The van der Waals surface area contributed by atoms with Crippen LogP contribution in [0.2, 0.25) is 18.1 Å². The largest absolute Gasteiger partial charge is 0.444 e. The molecule has 1 amide bonds. The van der Waals surface area contributed by atoms with Gasteiger partial charge in [0.25, 0.3) is 0 Å². The molecule has 0 aromatic carbocycles. The van der Waals surface area contributed by atoms with Gasteiger partial charge in [-0.3, -0.25) is 4.90 Å². The lowest BCUT2D eigenvalue weighted by atomic mass is 10.0. The SMILES string of the molecule is CC(C)(C)OC(=O)N[C@H]1CCN(CCO)C[C@@H]1O[Si](C)(C)C(C)(C)C. The van der Waals surface area contributed by atoms with E-state index >= 15 is 0 Å². The number of hydrogen-bond donors (Lipinski definition) is 2. The second-order valence-electron chi connectivity index (χ2n) is 9.48. The van der Waals surface area contributed by atoms with Gasteiger partial charge in [-0.1, -0.05) is 20.8 Å². The predicted molar refractivity (Wildman–Crippen MR) is 103 cm³/mol. The molecule has 7 heteroatoms. The van der Waals surface area contributed by atoms with Crippen LogP contribution >= 0.6 is 0 Å². The van der Waals surface area contributed by atoms with Crippen molar-refractivity contribution in [2.45, 2.75) is 83.8 Å². The van der Waals surface area contributed by atoms with E-state index in [0.717, 1.165) is 13.0 Å². The highest BCUT2D eigenvalue weighted by Crippen LogP contribution is 2.38. The molecule has 1 heterocycles. The molecule has 0 bridgehead atoms. The molecule has 25 heavy (non-hydrogen) atoms. The van der Waals surface area contributed by atoms with Crippen molar-refractivity contribution in [2.24, 2.45) is 0 Å². The molecule has 6 nitrogen and oxygen atoms in total. The summed E-state index contributed by atoms with van der Waals surface area (Å²) in [5.41, 5.74) is -0.516. The smallest absolute Gasteiger partial charge is 0.407 e. The standard InChI is InChI=1S/C18H38N2O4Si/c1-17(2,3)23-16(22)19-14-9-10-20(11-12-21)13-15(14)24-25(7,8)18(4,5)6/h14-15,21H,9-13H2,1-8H3,(H,19,22)/t14-,15-/m0/s1. The number of nitrogens with zero attached hydrogens (tertiary/aromatic N) is 1. The van der Waals surface area contributed by atoms with Crippen LogP contribution in [0.25, 0.3) is 0 Å². The highest BCUT2D eigenvalue weighted by atomic mass is 28.4. The Labute approximate surface area is 154 Å². The van der Waals surface area contributed by atoms with Crippen molar-refractivity contribution in [3.05, 3.63) is 0 Å². The van der Waals surface area contributed by atoms with Gasteiger partial charge in [0, 0.05) is 19.6 Å². The quantitative estimate of drug-likeness (QED) is 0.724. The molecular weight excluding hydrogens is 336 g/mol. The number of piperidine rings is 1. The minimum absolute atomic E-state index is 0.0704. The zero-order valence-corrected chi connectivity index (χ0v) is 18.3. The van der Waals surface area contributed by atoms with Gasteiger partial charge in [-0.05, 0) is 45.3 Å². The second-order valence-corrected chi connectivity index (χ2v) is 14.2. The minimum Gasteiger partial charge on any atom is -0.444 e. The Kier molecular flexibility index (Phi) is 7.50. The summed E-state index contributed by atoms with van der Waals surface area (Å²) in [6.07, 6.45) is 0.309. The van der Waals surface area contributed by atoms with Crippen molar-refractivity contribution >= 4 is 14.4 Å². The number of rotatable bonds is 5. The first-order valence-electron chi connectivity index (χ1n) is 9.26. The molecule has 1 aliphatic rings. The van der Waals surface area contributed by atoms with Crippen molar-refractivity contribution in [1.29, 1.82) is 0 Å². The number of alkyl carbamates (subject to hydrolysis) is 1. The lowest BCUT2D eigenvalue weighted by molar-refractivity contribution is 0.0212. The normalized spacial score (nSPS) is 23.4. The van der Waals surface area contributed by atoms with Crippen LogP contribution in [0.5, 0.6) is 0 Å². The molecular formula is C18H38N2O4Si. The summed E-state index contributed by atoms with van der Waals surface area (Å²) in [5, 5.41) is 12.4. The number of nitrogens with one attached hydrogen (secondary N) is 1. The summed E-state index contributed by atoms with van der Waals surface area (Å²) in [5.74, 6) is 0. The minimum atomic E-state index is -1.97. The number of hydrogen-bond acceptors (Lipinski definition) is 5. The van der Waals surface area contributed by atoms with E-state index in [1.54, 1.807) is 0 Å². The maximum atomic E-state index is 12.2. The molecule has 2 N–H and O–H groups in total. The summed E-state index contributed by atoms with van der Waals surface area (Å²) in [7, 11) is -1.97. The van der Waals surface area contributed by atoms with Gasteiger partial charge in [-0.25, -0.2) is 4.79 Å². The summed E-state index contributed by atoms with van der Waals surface area (Å²) >= 11 is 0. The van der Waals surface area contributed by atoms with Gasteiger partial charge < -0.3 is 19.6 Å². The molecule has 0 aliphatic carbocycles. The Bertz CT molecular complexity index is 443. The average Bonchev–Trinajstić information content (AvgIpc) is 2.38. The van der Waals surface area contributed by atoms with Crippen LogP contribution < -0.4 is 5.32 Å². The first kappa shape index (κ1) is 22.4. The lowest BCUT2D eigenvalue weighted by Crippen LogP contribution is -2.59. The van der Waals surface area contributed by atoms with Gasteiger partial charge in [0.15, 0.2) is 8.32 Å². The zero-order chi connectivity index (χ0) is 19.5. The molecule has 1 rings (SSSR count). The van der Waals surface area contributed by atoms with Crippen LogP contribution in [0.15, 0.2) is 0 Å². The van der Waals surface area contributed by atoms with Crippen LogP contribution in [-0.4, -0.2) is 68.4 Å². The molecule has 0 saturated carbocycles. The molecule has 0 spiro atoms. The van der Waals surface area contributed by atoms with E-state index in [9.17, 15) is 9.90 Å². The summed E-state index contributed by atoms with van der Waals surface area (Å²) in [6, 6.07) is -0.0704. The Hall–Kier alpha value is -0.633. The highest BCUT2D eigenvalue weighted by molar-refractivity contribution is 6.74. The fourth-order valence-electron chi connectivity index (χ4n) is 2.62. The fraction of sp³-hybridized carbons (Fsp3) is 0.944. The van der Waals surface area contributed by atoms with Crippen molar-refractivity contribution in [3.8, 4) is 0 Å². The maximum absolute atomic E-state index is 12.2. The van der Waals surface area contributed by atoms with E-state index < -0.39 is 20.0 Å². The van der Waals surface area contributed by atoms with Crippen molar-refractivity contribution < 1.29 is 19.1 Å². The molecule has 2 atom stereocenters. The first-order chi connectivity index (χ1) is 11.2. The third kappa shape index (κ3) is 7.25. The monoisotopic (exact) mass is 374 g/mol. The van der Waals surface area contributed by atoms with Crippen LogP contribution in [0.3, 0.4) is 0 Å². The summed E-state index contributed by atoms with van der Waals surface area (Å²) in [4.78, 5) is 14.4. The number of amides is 1. The van der Waals surface area contributed by atoms with Crippen LogP contribution in [0.4, 0.5) is 4.79 Å². The van der Waals surface area contributed by atoms with E-state index in [1.807, 2.05) is 20.8 Å². The Morgan fingerprint density at radius 2 is 1.84 bits per heavy atom. The molecule has 0 unspecified atom stereocenters. The van der Waals surface area contributed by atoms with Gasteiger partial charge >= 0.3 is 6.09 Å². The van der Waals surface area contributed by atoms with E-state index in [-0.39, 0.29) is 23.8 Å². The zero-order valence-electron chi connectivity index (χ0n) is 17.3. The molecule has 1 saturated heterocycles. The van der Waals surface area contributed by atoms with Gasteiger partial charge in [0.2, 0.25) is 0 Å². The van der Waals surface area contributed by atoms with Crippen molar-refractivity contribution in [3.63, 3.8) is 0 Å². The number of carbonyl (C=O) groups is 1. The molecule has 0 radical (unpaired) electrons. The molecule has 0 aromatic heterocycles. The number of aliphatic hydroxyl groups is 1. The Morgan fingerprint density at radius 1 is 1.24 bits per heavy atom. The van der Waals surface area contributed by atoms with Gasteiger partial charge in [-0.2, -0.15) is 0 Å². The first-order valence-corrected chi connectivity index (χ1v) is 12.2. The summed E-state index contributed by atoms with van der Waals surface area (Å²) in [6.45, 7) is 19.0. The lowest BCUT2D eigenvalue weighted by Gasteiger charge is -2.45. The molecule has 1 aliphatic heterocycles. The topological polar surface area (TPSA) is 71.0 Å².